The number of hydrogen-bond acceptors (Lipinski definition) is 4. The van der Waals surface area contributed by atoms with E-state index in [1.54, 1.807) is 18.4 Å². The van der Waals surface area contributed by atoms with Crippen LogP contribution in [0.4, 0.5) is 0 Å². The van der Waals surface area contributed by atoms with Gasteiger partial charge in [-0.3, -0.25) is 4.84 Å². The number of methoxy groups -OCH3 is 1. The van der Waals surface area contributed by atoms with Gasteiger partial charge in [-0.2, -0.15) is 5.48 Å². The second-order valence-electron chi connectivity index (χ2n) is 3.13. The Balaban J connectivity index is 2.25. The van der Waals surface area contributed by atoms with Crippen LogP contribution in [-0.4, -0.2) is 20.3 Å². The first-order valence-electron chi connectivity index (χ1n) is 4.66. The van der Waals surface area contributed by atoms with Crippen LogP contribution < -0.4 is 5.48 Å². The summed E-state index contributed by atoms with van der Waals surface area (Å²) in [5.41, 5.74) is 2.98. The Bertz CT molecular complexity index is 262. The van der Waals surface area contributed by atoms with E-state index >= 15 is 0 Å². The fraction of sp³-hybridized carbons (Fsp3) is 0.600. The average Bonchev–Trinajstić information content (AvgIpc) is 2.59. The van der Waals surface area contributed by atoms with Crippen LogP contribution in [0.2, 0.25) is 0 Å². The minimum absolute atomic E-state index is 0.241. The highest BCUT2D eigenvalue weighted by atomic mass is 32.1. The molecule has 0 saturated carbocycles. The molecule has 0 aromatic carbocycles. The van der Waals surface area contributed by atoms with Crippen molar-refractivity contribution in [2.24, 2.45) is 0 Å². The first-order chi connectivity index (χ1) is 6.74. The summed E-state index contributed by atoms with van der Waals surface area (Å²) in [5.74, 6) is 0. The topological polar surface area (TPSA) is 30.5 Å². The number of nitrogens with one attached hydrogen (secondary N) is 1. The molecule has 0 aliphatic carbocycles. The highest BCUT2D eigenvalue weighted by Crippen LogP contribution is 2.21. The van der Waals surface area contributed by atoms with E-state index in [9.17, 15) is 0 Å². The minimum atomic E-state index is 0.241. The fourth-order valence-corrected chi connectivity index (χ4v) is 1.92. The lowest BCUT2D eigenvalue weighted by Crippen LogP contribution is -2.20. The summed E-state index contributed by atoms with van der Waals surface area (Å²) >= 11 is 1.79. The Morgan fingerprint density at radius 2 is 2.21 bits per heavy atom. The van der Waals surface area contributed by atoms with Gasteiger partial charge in [-0.05, 0) is 26.0 Å². The van der Waals surface area contributed by atoms with Crippen LogP contribution in [0, 0.1) is 6.92 Å². The van der Waals surface area contributed by atoms with E-state index < -0.39 is 0 Å². The van der Waals surface area contributed by atoms with Crippen LogP contribution in [0.5, 0.6) is 0 Å². The number of aryl methyl sites for hydroxylation is 1. The first-order valence-corrected chi connectivity index (χ1v) is 5.48. The molecule has 0 spiro atoms. The van der Waals surface area contributed by atoms with Gasteiger partial charge >= 0.3 is 0 Å². The molecule has 1 N–H and O–H groups in total. The second kappa shape index (κ2) is 6.14. The van der Waals surface area contributed by atoms with Crippen molar-refractivity contribution in [1.29, 1.82) is 0 Å². The van der Waals surface area contributed by atoms with Gasteiger partial charge in [-0.1, -0.05) is 0 Å². The van der Waals surface area contributed by atoms with E-state index in [4.69, 9.17) is 9.57 Å². The summed E-state index contributed by atoms with van der Waals surface area (Å²) in [5, 5.41) is 0. The molecule has 80 valence electrons. The number of thiophene rings is 1. The highest BCUT2D eigenvalue weighted by molar-refractivity contribution is 7.12. The maximum atomic E-state index is 5.23. The van der Waals surface area contributed by atoms with Crippen LogP contribution in [0.15, 0.2) is 12.1 Å². The van der Waals surface area contributed by atoms with Gasteiger partial charge in [0.15, 0.2) is 0 Å². The van der Waals surface area contributed by atoms with Crippen molar-refractivity contribution in [3.05, 3.63) is 21.9 Å². The standard InChI is InChI=1S/C10H17NO2S/c1-8-4-5-10(14-8)9(2)11-13-7-6-12-3/h4-5,9,11H,6-7H2,1-3H3. The van der Waals surface area contributed by atoms with Crippen LogP contribution >= 0.6 is 11.3 Å². The zero-order valence-corrected chi connectivity index (χ0v) is 9.69. The summed E-state index contributed by atoms with van der Waals surface area (Å²) in [6.07, 6.45) is 0. The molecular weight excluding hydrogens is 198 g/mol. The Morgan fingerprint density at radius 3 is 2.79 bits per heavy atom. The molecule has 1 atom stereocenters. The van der Waals surface area contributed by atoms with Gasteiger partial charge in [0.05, 0.1) is 19.3 Å². The molecule has 14 heavy (non-hydrogen) atoms. The third-order valence-electron chi connectivity index (χ3n) is 1.84. The van der Waals surface area contributed by atoms with Crippen LogP contribution in [0.3, 0.4) is 0 Å². The second-order valence-corrected chi connectivity index (χ2v) is 4.45. The Labute approximate surface area is 89.0 Å². The molecule has 1 aromatic heterocycles. The molecule has 1 unspecified atom stereocenters. The van der Waals surface area contributed by atoms with Crippen molar-refractivity contribution in [3.8, 4) is 0 Å². The minimum Gasteiger partial charge on any atom is -0.382 e. The molecule has 0 aliphatic heterocycles. The van der Waals surface area contributed by atoms with Gasteiger partial charge in [0, 0.05) is 16.9 Å². The Hall–Kier alpha value is -0.420. The van der Waals surface area contributed by atoms with Crippen molar-refractivity contribution in [1.82, 2.24) is 5.48 Å². The number of rotatable bonds is 6. The van der Waals surface area contributed by atoms with Gasteiger partial charge in [0.1, 0.15) is 0 Å². The summed E-state index contributed by atoms with van der Waals surface area (Å²) in [7, 11) is 1.66. The molecule has 4 heteroatoms. The zero-order valence-electron chi connectivity index (χ0n) is 8.87. The van der Waals surface area contributed by atoms with Crippen molar-refractivity contribution < 1.29 is 9.57 Å². The van der Waals surface area contributed by atoms with Crippen LogP contribution in [0.1, 0.15) is 22.7 Å². The molecule has 0 radical (unpaired) electrons. The maximum Gasteiger partial charge on any atom is 0.0916 e. The van der Waals surface area contributed by atoms with Gasteiger partial charge in [0.25, 0.3) is 0 Å². The van der Waals surface area contributed by atoms with Crippen molar-refractivity contribution in [2.45, 2.75) is 19.9 Å². The lowest BCUT2D eigenvalue weighted by atomic mass is 10.3. The molecule has 3 nitrogen and oxygen atoms in total. The predicted molar refractivity (Wildman–Crippen MR) is 58.4 cm³/mol. The summed E-state index contributed by atoms with van der Waals surface area (Å²) in [6.45, 7) is 5.37. The molecule has 1 rings (SSSR count). The van der Waals surface area contributed by atoms with Gasteiger partial charge in [-0.25, -0.2) is 0 Å². The average molecular weight is 215 g/mol. The molecule has 1 aromatic rings. The van der Waals surface area contributed by atoms with Crippen LogP contribution in [0.25, 0.3) is 0 Å². The third-order valence-corrected chi connectivity index (χ3v) is 3.02. The fourth-order valence-electron chi connectivity index (χ4n) is 1.05. The summed E-state index contributed by atoms with van der Waals surface area (Å²) in [6, 6.07) is 4.48. The van der Waals surface area contributed by atoms with E-state index in [-0.39, 0.29) is 6.04 Å². The first kappa shape index (κ1) is 11.7. The SMILES string of the molecule is COCCONC(C)c1ccc(C)s1. The van der Waals surface area contributed by atoms with E-state index in [1.165, 1.54) is 9.75 Å². The highest BCUT2D eigenvalue weighted by Gasteiger charge is 2.06. The zero-order chi connectivity index (χ0) is 10.4. The smallest absolute Gasteiger partial charge is 0.0916 e. The molecule has 0 amide bonds. The van der Waals surface area contributed by atoms with E-state index in [1.807, 2.05) is 0 Å². The lowest BCUT2D eigenvalue weighted by molar-refractivity contribution is -0.00868. The Kier molecular flexibility index (Phi) is 5.11. The van der Waals surface area contributed by atoms with Gasteiger partial charge in [-0.15, -0.1) is 11.3 Å². The van der Waals surface area contributed by atoms with Crippen LogP contribution in [-0.2, 0) is 9.57 Å². The molecule has 0 aliphatic rings. The molecule has 1 heterocycles. The largest absolute Gasteiger partial charge is 0.382 e. The van der Waals surface area contributed by atoms with Gasteiger partial charge in [0.2, 0.25) is 0 Å². The number of hydrogen-bond donors (Lipinski definition) is 1. The number of ether oxygens (including phenoxy) is 1. The van der Waals surface area contributed by atoms with E-state index in [2.05, 4.69) is 31.5 Å². The van der Waals surface area contributed by atoms with E-state index in [0.29, 0.717) is 13.2 Å². The molecule has 0 saturated heterocycles. The predicted octanol–water partition coefficient (Wildman–Crippen LogP) is 2.29. The van der Waals surface area contributed by atoms with Crippen molar-refractivity contribution in [2.75, 3.05) is 20.3 Å². The van der Waals surface area contributed by atoms with Gasteiger partial charge < -0.3 is 4.74 Å². The maximum absolute atomic E-state index is 5.23. The monoisotopic (exact) mass is 215 g/mol. The normalized spacial score (nSPS) is 13.1. The quantitative estimate of drug-likeness (QED) is 0.583. The summed E-state index contributed by atoms with van der Waals surface area (Å²) in [4.78, 5) is 7.85. The molecule has 0 bridgehead atoms. The van der Waals surface area contributed by atoms with Crippen molar-refractivity contribution in [3.63, 3.8) is 0 Å². The lowest BCUT2D eigenvalue weighted by Gasteiger charge is -2.11. The molecule has 0 fully saturated rings. The number of hydroxylamine groups is 1. The third kappa shape index (κ3) is 3.75. The van der Waals surface area contributed by atoms with Crippen molar-refractivity contribution >= 4 is 11.3 Å². The molecular formula is C10H17NO2S. The van der Waals surface area contributed by atoms with E-state index in [0.717, 1.165) is 0 Å². The summed E-state index contributed by atoms with van der Waals surface area (Å²) < 4.78 is 4.87. The Morgan fingerprint density at radius 1 is 1.43 bits per heavy atom.